The molecule has 1 aromatic rings. The second-order valence-corrected chi connectivity index (χ2v) is 3.79. The maximum atomic E-state index is 8.59. The van der Waals surface area contributed by atoms with Crippen molar-refractivity contribution in [1.82, 2.24) is 0 Å². The van der Waals surface area contributed by atoms with E-state index in [4.69, 9.17) is 15.7 Å². The van der Waals surface area contributed by atoms with Crippen molar-refractivity contribution in [2.45, 2.75) is 18.4 Å². The summed E-state index contributed by atoms with van der Waals surface area (Å²) in [4.78, 5) is 0. The first kappa shape index (κ1) is 11.8. The van der Waals surface area contributed by atoms with Crippen LogP contribution in [0.15, 0.2) is 24.3 Å². The van der Waals surface area contributed by atoms with Crippen LogP contribution in [0.2, 0.25) is 0 Å². The zero-order chi connectivity index (χ0) is 10.0. The van der Waals surface area contributed by atoms with E-state index in [-0.39, 0.29) is 17.9 Å². The van der Waals surface area contributed by atoms with Crippen molar-refractivity contribution >= 4 is 12.4 Å². The van der Waals surface area contributed by atoms with Crippen LogP contribution >= 0.6 is 12.4 Å². The van der Waals surface area contributed by atoms with E-state index in [9.17, 15) is 0 Å². The number of hydrogen-bond donors (Lipinski definition) is 1. The first-order chi connectivity index (χ1) is 6.72. The number of ether oxygens (including phenoxy) is 1. The molecule has 1 fully saturated rings. The number of rotatable bonds is 3. The van der Waals surface area contributed by atoms with Crippen molar-refractivity contribution in [3.63, 3.8) is 0 Å². The number of benzene rings is 1. The summed E-state index contributed by atoms with van der Waals surface area (Å²) in [5.74, 6) is 0.778. The quantitative estimate of drug-likeness (QED) is 0.853. The summed E-state index contributed by atoms with van der Waals surface area (Å²) < 4.78 is 5.50. The molecule has 3 nitrogen and oxygen atoms in total. The number of nitriles is 1. The van der Waals surface area contributed by atoms with Gasteiger partial charge in [0.25, 0.3) is 0 Å². The van der Waals surface area contributed by atoms with Gasteiger partial charge in [-0.1, -0.05) is 0 Å². The highest BCUT2D eigenvalue weighted by molar-refractivity contribution is 5.85. The molecule has 1 aromatic carbocycles. The Hall–Kier alpha value is -1.24. The van der Waals surface area contributed by atoms with Gasteiger partial charge in [-0.05, 0) is 37.1 Å². The SMILES string of the molecule is Cl.N#Cc1ccc(OCC2(N)CC2)cc1. The Labute approximate surface area is 95.2 Å². The van der Waals surface area contributed by atoms with E-state index < -0.39 is 0 Å². The molecule has 1 saturated carbocycles. The summed E-state index contributed by atoms with van der Waals surface area (Å²) in [7, 11) is 0. The third-order valence-corrected chi connectivity index (χ3v) is 2.40. The summed E-state index contributed by atoms with van der Waals surface area (Å²) in [6.45, 7) is 0.568. The van der Waals surface area contributed by atoms with Gasteiger partial charge < -0.3 is 10.5 Å². The topological polar surface area (TPSA) is 59.0 Å². The molecule has 1 aliphatic carbocycles. The van der Waals surface area contributed by atoms with Crippen LogP contribution in [0.5, 0.6) is 5.75 Å². The molecule has 0 saturated heterocycles. The molecule has 0 unspecified atom stereocenters. The van der Waals surface area contributed by atoms with Crippen LogP contribution in [-0.4, -0.2) is 12.1 Å². The lowest BCUT2D eigenvalue weighted by molar-refractivity contribution is 0.279. The Balaban J connectivity index is 0.00000112. The number of halogens is 1. The Kier molecular flexibility index (Phi) is 3.57. The molecule has 1 aliphatic rings. The molecule has 0 radical (unpaired) electrons. The lowest BCUT2D eigenvalue weighted by Gasteiger charge is -2.10. The predicted molar refractivity (Wildman–Crippen MR) is 60.1 cm³/mol. The molecule has 2 N–H and O–H groups in total. The molecule has 0 heterocycles. The standard InChI is InChI=1S/C11H12N2O.ClH/c12-7-9-1-3-10(4-2-9)14-8-11(13)5-6-11;/h1-4H,5-6,8,13H2;1H. The maximum Gasteiger partial charge on any atom is 0.119 e. The summed E-state index contributed by atoms with van der Waals surface area (Å²) in [6.07, 6.45) is 2.09. The number of nitrogens with two attached hydrogens (primary N) is 1. The lowest BCUT2D eigenvalue weighted by Crippen LogP contribution is -2.29. The largest absolute Gasteiger partial charge is 0.492 e. The van der Waals surface area contributed by atoms with Crippen molar-refractivity contribution in [1.29, 1.82) is 5.26 Å². The molecule has 15 heavy (non-hydrogen) atoms. The van der Waals surface area contributed by atoms with Crippen molar-refractivity contribution in [2.24, 2.45) is 5.73 Å². The van der Waals surface area contributed by atoms with Gasteiger partial charge in [-0.25, -0.2) is 0 Å². The van der Waals surface area contributed by atoms with Gasteiger partial charge in [0.1, 0.15) is 12.4 Å². The third kappa shape index (κ3) is 3.12. The average molecular weight is 225 g/mol. The second kappa shape index (κ2) is 4.52. The van der Waals surface area contributed by atoms with Crippen LogP contribution in [-0.2, 0) is 0 Å². The molecule has 0 aliphatic heterocycles. The molecule has 0 bridgehead atoms. The molecule has 0 aromatic heterocycles. The van der Waals surface area contributed by atoms with E-state index in [0.717, 1.165) is 18.6 Å². The van der Waals surface area contributed by atoms with Crippen LogP contribution in [0.4, 0.5) is 0 Å². The molecule has 80 valence electrons. The highest BCUT2D eigenvalue weighted by Gasteiger charge is 2.39. The highest BCUT2D eigenvalue weighted by atomic mass is 35.5. The van der Waals surface area contributed by atoms with Crippen LogP contribution in [0, 0.1) is 11.3 Å². The van der Waals surface area contributed by atoms with E-state index in [1.807, 2.05) is 0 Å². The molecule has 0 amide bonds. The van der Waals surface area contributed by atoms with E-state index >= 15 is 0 Å². The van der Waals surface area contributed by atoms with Gasteiger partial charge in [-0.2, -0.15) is 5.26 Å². The fourth-order valence-corrected chi connectivity index (χ4v) is 1.16. The van der Waals surface area contributed by atoms with E-state index in [2.05, 4.69) is 6.07 Å². The summed E-state index contributed by atoms with van der Waals surface area (Å²) in [6, 6.07) is 9.13. The van der Waals surface area contributed by atoms with Crippen LogP contribution in [0.25, 0.3) is 0 Å². The van der Waals surface area contributed by atoms with Gasteiger partial charge in [0, 0.05) is 0 Å². The molecule has 4 heteroatoms. The van der Waals surface area contributed by atoms with Crippen molar-refractivity contribution in [2.75, 3.05) is 6.61 Å². The van der Waals surface area contributed by atoms with Gasteiger partial charge in [0.2, 0.25) is 0 Å². The molecular weight excluding hydrogens is 212 g/mol. The fourth-order valence-electron chi connectivity index (χ4n) is 1.16. The summed E-state index contributed by atoms with van der Waals surface area (Å²) in [5.41, 5.74) is 6.43. The first-order valence-corrected chi connectivity index (χ1v) is 4.64. The smallest absolute Gasteiger partial charge is 0.119 e. The van der Waals surface area contributed by atoms with Crippen LogP contribution in [0.1, 0.15) is 18.4 Å². The second-order valence-electron chi connectivity index (χ2n) is 3.79. The van der Waals surface area contributed by atoms with Crippen molar-refractivity contribution < 1.29 is 4.74 Å². The fraction of sp³-hybridized carbons (Fsp3) is 0.364. The predicted octanol–water partition coefficient (Wildman–Crippen LogP) is 1.85. The minimum Gasteiger partial charge on any atom is -0.492 e. The van der Waals surface area contributed by atoms with Gasteiger partial charge in [-0.15, -0.1) is 12.4 Å². The summed E-state index contributed by atoms with van der Waals surface area (Å²) in [5, 5.41) is 8.59. The normalized spacial score (nSPS) is 16.0. The zero-order valence-corrected chi connectivity index (χ0v) is 9.09. The summed E-state index contributed by atoms with van der Waals surface area (Å²) >= 11 is 0. The number of hydrogen-bond acceptors (Lipinski definition) is 3. The zero-order valence-electron chi connectivity index (χ0n) is 8.27. The van der Waals surface area contributed by atoms with Gasteiger partial charge in [-0.3, -0.25) is 0 Å². The van der Waals surface area contributed by atoms with Crippen molar-refractivity contribution in [3.05, 3.63) is 29.8 Å². The Bertz CT molecular complexity index is 365. The van der Waals surface area contributed by atoms with E-state index in [1.54, 1.807) is 24.3 Å². The van der Waals surface area contributed by atoms with E-state index in [1.165, 1.54) is 0 Å². The molecule has 0 spiro atoms. The third-order valence-electron chi connectivity index (χ3n) is 2.40. The Morgan fingerprint density at radius 3 is 2.40 bits per heavy atom. The van der Waals surface area contributed by atoms with E-state index in [0.29, 0.717) is 12.2 Å². The van der Waals surface area contributed by atoms with Gasteiger partial charge >= 0.3 is 0 Å². The van der Waals surface area contributed by atoms with Gasteiger partial charge in [0.05, 0.1) is 17.2 Å². The number of nitrogens with zero attached hydrogens (tertiary/aromatic N) is 1. The van der Waals surface area contributed by atoms with Crippen molar-refractivity contribution in [3.8, 4) is 11.8 Å². The highest BCUT2D eigenvalue weighted by Crippen LogP contribution is 2.32. The molecule has 2 rings (SSSR count). The average Bonchev–Trinajstić information content (AvgIpc) is 2.95. The molecular formula is C11H13ClN2O. The Morgan fingerprint density at radius 1 is 1.33 bits per heavy atom. The maximum absolute atomic E-state index is 8.59. The van der Waals surface area contributed by atoms with Crippen LogP contribution in [0.3, 0.4) is 0 Å². The molecule has 0 atom stereocenters. The van der Waals surface area contributed by atoms with Gasteiger partial charge in [0.15, 0.2) is 0 Å². The van der Waals surface area contributed by atoms with Crippen LogP contribution < -0.4 is 10.5 Å². The lowest BCUT2D eigenvalue weighted by atomic mass is 10.2. The Morgan fingerprint density at radius 2 is 1.93 bits per heavy atom. The minimum absolute atomic E-state index is 0. The minimum atomic E-state index is -0.0894. The first-order valence-electron chi connectivity index (χ1n) is 4.64. The monoisotopic (exact) mass is 224 g/mol.